The van der Waals surface area contributed by atoms with Gasteiger partial charge in [-0.2, -0.15) is 0 Å². The van der Waals surface area contributed by atoms with Gasteiger partial charge in [-0.05, 0) is 19.8 Å². The molecule has 19 heavy (non-hydrogen) atoms. The number of rotatable bonds is 6. The lowest BCUT2D eigenvalue weighted by atomic mass is 10.2. The van der Waals surface area contributed by atoms with Gasteiger partial charge in [0.05, 0.1) is 5.75 Å². The molecule has 1 fully saturated rings. The van der Waals surface area contributed by atoms with Crippen LogP contribution in [0.1, 0.15) is 30.7 Å². The Kier molecular flexibility index (Phi) is 5.39. The number of hydrogen-bond donors (Lipinski definition) is 0. The van der Waals surface area contributed by atoms with Gasteiger partial charge in [0.25, 0.3) is 0 Å². The zero-order valence-corrected chi connectivity index (χ0v) is 12.8. The summed E-state index contributed by atoms with van der Waals surface area (Å²) in [5.74, 6) is 0.628. The van der Waals surface area contributed by atoms with E-state index < -0.39 is 0 Å². The summed E-state index contributed by atoms with van der Waals surface area (Å²) in [6.45, 7) is 6.33. The topological polar surface area (TPSA) is 46.1 Å². The van der Waals surface area contributed by atoms with Crippen molar-refractivity contribution in [2.24, 2.45) is 0 Å². The van der Waals surface area contributed by atoms with Crippen molar-refractivity contribution in [1.82, 2.24) is 15.1 Å². The molecule has 0 atom stereocenters. The van der Waals surface area contributed by atoms with Crippen molar-refractivity contribution in [3.63, 3.8) is 0 Å². The molecule has 0 radical (unpaired) electrons. The summed E-state index contributed by atoms with van der Waals surface area (Å²) in [4.78, 5) is 14.3. The first-order valence-electron chi connectivity index (χ1n) is 6.54. The molecule has 6 heteroatoms. The van der Waals surface area contributed by atoms with Crippen LogP contribution in [0, 0.1) is 6.92 Å². The van der Waals surface area contributed by atoms with Crippen LogP contribution in [0.15, 0.2) is 17.0 Å². The Bertz CT molecular complexity index is 441. The molecule has 0 bridgehead atoms. The molecular weight excluding hydrogens is 278 g/mol. The lowest BCUT2D eigenvalue weighted by molar-refractivity contribution is -0.129. The molecule has 1 aliphatic carbocycles. The van der Waals surface area contributed by atoms with Crippen LogP contribution >= 0.6 is 23.1 Å². The van der Waals surface area contributed by atoms with Crippen molar-refractivity contribution in [1.29, 1.82) is 0 Å². The van der Waals surface area contributed by atoms with E-state index in [4.69, 9.17) is 0 Å². The van der Waals surface area contributed by atoms with Crippen molar-refractivity contribution in [3.8, 4) is 0 Å². The van der Waals surface area contributed by atoms with E-state index in [1.807, 2.05) is 17.9 Å². The first-order valence-corrected chi connectivity index (χ1v) is 8.34. The molecule has 104 valence electrons. The second kappa shape index (κ2) is 7.05. The van der Waals surface area contributed by atoms with E-state index >= 15 is 0 Å². The van der Waals surface area contributed by atoms with Crippen LogP contribution < -0.4 is 0 Å². The van der Waals surface area contributed by atoms with Gasteiger partial charge in [0.2, 0.25) is 5.91 Å². The first-order chi connectivity index (χ1) is 9.20. The van der Waals surface area contributed by atoms with Crippen LogP contribution in [0.4, 0.5) is 0 Å². The van der Waals surface area contributed by atoms with Crippen LogP contribution in [0.5, 0.6) is 0 Å². The van der Waals surface area contributed by atoms with Gasteiger partial charge in [0.1, 0.15) is 5.01 Å². The molecule has 0 aliphatic heterocycles. The van der Waals surface area contributed by atoms with Crippen molar-refractivity contribution in [2.75, 3.05) is 12.3 Å². The lowest BCUT2D eigenvalue weighted by Crippen LogP contribution is -2.40. The summed E-state index contributed by atoms with van der Waals surface area (Å²) < 4.78 is 0.871. The smallest absolute Gasteiger partial charge is 0.233 e. The molecule has 0 N–H and O–H groups in total. The monoisotopic (exact) mass is 297 g/mol. The molecule has 1 aliphatic rings. The first kappa shape index (κ1) is 14.5. The molecule has 1 heterocycles. The highest BCUT2D eigenvalue weighted by Gasteiger charge is 2.25. The summed E-state index contributed by atoms with van der Waals surface area (Å²) in [6.07, 6.45) is 6.53. The normalized spacial score (nSPS) is 15.6. The Labute approximate surface area is 122 Å². The second-order valence-corrected chi connectivity index (χ2v) is 7.05. The standard InChI is InChI=1S/C13H19N3OS2/c1-3-8-16(11-6-4-5-7-11)12(17)9-18-13-15-14-10(2)19-13/h3,11H,1,4-9H2,2H3. The van der Waals surface area contributed by atoms with Gasteiger partial charge in [-0.1, -0.05) is 42.0 Å². The van der Waals surface area contributed by atoms with E-state index in [0.717, 1.165) is 22.2 Å². The van der Waals surface area contributed by atoms with E-state index in [1.165, 1.54) is 35.9 Å². The molecule has 1 aromatic heterocycles. The zero-order valence-electron chi connectivity index (χ0n) is 11.2. The van der Waals surface area contributed by atoms with Gasteiger partial charge in [-0.15, -0.1) is 16.8 Å². The fourth-order valence-corrected chi connectivity index (χ4v) is 4.05. The minimum atomic E-state index is 0.185. The van der Waals surface area contributed by atoms with Gasteiger partial charge in [-0.3, -0.25) is 4.79 Å². The van der Waals surface area contributed by atoms with E-state index in [2.05, 4.69) is 16.8 Å². The average molecular weight is 297 g/mol. The van der Waals surface area contributed by atoms with Crippen LogP contribution in [0.2, 0.25) is 0 Å². The molecule has 4 nitrogen and oxygen atoms in total. The van der Waals surface area contributed by atoms with Gasteiger partial charge < -0.3 is 4.90 Å². The van der Waals surface area contributed by atoms with Crippen molar-refractivity contribution >= 4 is 29.0 Å². The second-order valence-electron chi connectivity index (χ2n) is 4.65. The van der Waals surface area contributed by atoms with Gasteiger partial charge in [0, 0.05) is 12.6 Å². The number of carbonyl (C=O) groups is 1. The number of aromatic nitrogens is 2. The summed E-state index contributed by atoms with van der Waals surface area (Å²) in [5, 5.41) is 8.93. The summed E-state index contributed by atoms with van der Waals surface area (Å²) in [6, 6.07) is 0.405. The largest absolute Gasteiger partial charge is 0.335 e. The molecule has 0 unspecified atom stereocenters. The number of carbonyl (C=O) groups excluding carboxylic acids is 1. The van der Waals surface area contributed by atoms with Crippen molar-refractivity contribution in [3.05, 3.63) is 17.7 Å². The maximum absolute atomic E-state index is 12.3. The third-order valence-corrected chi connectivity index (χ3v) is 5.19. The number of amides is 1. The summed E-state index contributed by atoms with van der Waals surface area (Å²) in [7, 11) is 0. The van der Waals surface area contributed by atoms with Crippen LogP contribution in [0.3, 0.4) is 0 Å². The fourth-order valence-electron chi connectivity index (χ4n) is 2.35. The summed E-state index contributed by atoms with van der Waals surface area (Å²) in [5.41, 5.74) is 0. The molecule has 0 aromatic carbocycles. The minimum Gasteiger partial charge on any atom is -0.335 e. The predicted octanol–water partition coefficient (Wildman–Crippen LogP) is 2.90. The van der Waals surface area contributed by atoms with Crippen LogP contribution in [0.25, 0.3) is 0 Å². The third-order valence-electron chi connectivity index (χ3n) is 3.24. The highest BCUT2D eigenvalue weighted by atomic mass is 32.2. The summed E-state index contributed by atoms with van der Waals surface area (Å²) >= 11 is 3.02. The lowest BCUT2D eigenvalue weighted by Gasteiger charge is -2.27. The molecule has 1 saturated carbocycles. The van der Waals surface area contributed by atoms with Crippen molar-refractivity contribution < 1.29 is 4.79 Å². The van der Waals surface area contributed by atoms with Crippen molar-refractivity contribution in [2.45, 2.75) is 43.0 Å². The zero-order chi connectivity index (χ0) is 13.7. The van der Waals surface area contributed by atoms with Crippen LogP contribution in [-0.2, 0) is 4.79 Å². The Morgan fingerprint density at radius 2 is 2.26 bits per heavy atom. The maximum atomic E-state index is 12.3. The molecule has 0 spiro atoms. The minimum absolute atomic E-state index is 0.185. The molecule has 2 rings (SSSR count). The van der Waals surface area contributed by atoms with Crippen LogP contribution in [-0.4, -0.2) is 39.3 Å². The molecular formula is C13H19N3OS2. The SMILES string of the molecule is C=CCN(C(=O)CSc1nnc(C)s1)C1CCCC1. The average Bonchev–Trinajstić information content (AvgIpc) is 3.04. The molecule has 1 amide bonds. The number of thioether (sulfide) groups is 1. The number of aryl methyl sites for hydroxylation is 1. The molecule has 0 saturated heterocycles. The fraction of sp³-hybridized carbons (Fsp3) is 0.615. The van der Waals surface area contributed by atoms with E-state index in [0.29, 0.717) is 18.3 Å². The highest BCUT2D eigenvalue weighted by molar-refractivity contribution is 8.01. The highest BCUT2D eigenvalue weighted by Crippen LogP contribution is 2.26. The maximum Gasteiger partial charge on any atom is 0.233 e. The number of hydrogen-bond acceptors (Lipinski definition) is 5. The quantitative estimate of drug-likeness (QED) is 0.598. The Hall–Kier alpha value is -0.880. The van der Waals surface area contributed by atoms with E-state index in [9.17, 15) is 4.79 Å². The molecule has 1 aromatic rings. The van der Waals surface area contributed by atoms with E-state index in [1.54, 1.807) is 0 Å². The Balaban J connectivity index is 1.89. The van der Waals surface area contributed by atoms with Gasteiger partial charge in [0.15, 0.2) is 4.34 Å². The Morgan fingerprint density at radius 3 is 2.84 bits per heavy atom. The predicted molar refractivity (Wildman–Crippen MR) is 79.5 cm³/mol. The third kappa shape index (κ3) is 4.04. The van der Waals surface area contributed by atoms with Gasteiger partial charge >= 0.3 is 0 Å². The Morgan fingerprint density at radius 1 is 1.53 bits per heavy atom. The number of nitrogens with zero attached hydrogens (tertiary/aromatic N) is 3. The van der Waals surface area contributed by atoms with Gasteiger partial charge in [-0.25, -0.2) is 0 Å². The van der Waals surface area contributed by atoms with E-state index in [-0.39, 0.29) is 5.91 Å².